The molecule has 0 saturated carbocycles. The molecular formula is C14H18N4O2S. The number of nitrogens with zero attached hydrogens (tertiary/aromatic N) is 1. The molecule has 2 heterocycles. The van der Waals surface area contributed by atoms with E-state index >= 15 is 0 Å². The van der Waals surface area contributed by atoms with E-state index in [1.54, 1.807) is 13.8 Å². The molecule has 1 unspecified atom stereocenters. The fourth-order valence-corrected chi connectivity index (χ4v) is 4.35. The third-order valence-corrected chi connectivity index (χ3v) is 5.46. The van der Waals surface area contributed by atoms with Crippen LogP contribution in [-0.4, -0.2) is 31.2 Å². The van der Waals surface area contributed by atoms with Crippen LogP contribution in [0.15, 0.2) is 29.2 Å². The topological polar surface area (TPSA) is 86.9 Å². The lowest BCUT2D eigenvalue weighted by Gasteiger charge is -2.26. The SMILES string of the molecule is Cc1n[nH]c(C)c1S(=O)(=O)NC1CNc2ccccc2C1. The molecule has 1 atom stereocenters. The Morgan fingerprint density at radius 1 is 1.29 bits per heavy atom. The largest absolute Gasteiger partial charge is 0.383 e. The molecule has 21 heavy (non-hydrogen) atoms. The highest BCUT2D eigenvalue weighted by molar-refractivity contribution is 7.89. The minimum atomic E-state index is -3.56. The second-order valence-corrected chi connectivity index (χ2v) is 6.97. The van der Waals surface area contributed by atoms with Crippen molar-refractivity contribution in [2.24, 2.45) is 0 Å². The van der Waals surface area contributed by atoms with Crippen molar-refractivity contribution < 1.29 is 8.42 Å². The molecule has 2 aromatic rings. The van der Waals surface area contributed by atoms with Gasteiger partial charge >= 0.3 is 0 Å². The van der Waals surface area contributed by atoms with Crippen molar-refractivity contribution in [3.8, 4) is 0 Å². The van der Waals surface area contributed by atoms with Crippen molar-refractivity contribution in [3.63, 3.8) is 0 Å². The summed E-state index contributed by atoms with van der Waals surface area (Å²) in [6.07, 6.45) is 0.679. The Kier molecular flexibility index (Phi) is 3.46. The van der Waals surface area contributed by atoms with E-state index in [9.17, 15) is 8.42 Å². The molecule has 0 saturated heterocycles. The van der Waals surface area contributed by atoms with Crippen LogP contribution in [-0.2, 0) is 16.4 Å². The second-order valence-electron chi connectivity index (χ2n) is 5.32. The molecule has 0 aliphatic carbocycles. The third kappa shape index (κ3) is 2.66. The van der Waals surface area contributed by atoms with E-state index < -0.39 is 10.0 Å². The molecular weight excluding hydrogens is 288 g/mol. The number of rotatable bonds is 3. The summed E-state index contributed by atoms with van der Waals surface area (Å²) in [5, 5.41) is 9.92. The van der Waals surface area contributed by atoms with Crippen LogP contribution >= 0.6 is 0 Å². The number of hydrogen-bond acceptors (Lipinski definition) is 4. The van der Waals surface area contributed by atoms with Crippen LogP contribution < -0.4 is 10.0 Å². The number of para-hydroxylation sites is 1. The van der Waals surface area contributed by atoms with E-state index in [2.05, 4.69) is 20.2 Å². The van der Waals surface area contributed by atoms with Crippen molar-refractivity contribution in [2.75, 3.05) is 11.9 Å². The minimum absolute atomic E-state index is 0.168. The number of aryl methyl sites for hydroxylation is 2. The van der Waals surface area contributed by atoms with Crippen LogP contribution in [0.2, 0.25) is 0 Å². The van der Waals surface area contributed by atoms with Gasteiger partial charge in [-0.2, -0.15) is 5.10 Å². The summed E-state index contributed by atoms with van der Waals surface area (Å²) in [4.78, 5) is 0.251. The summed E-state index contributed by atoms with van der Waals surface area (Å²) in [6, 6.07) is 7.77. The molecule has 1 aliphatic rings. The Morgan fingerprint density at radius 3 is 2.76 bits per heavy atom. The number of aromatic nitrogens is 2. The van der Waals surface area contributed by atoms with Crippen molar-refractivity contribution in [3.05, 3.63) is 41.2 Å². The minimum Gasteiger partial charge on any atom is -0.383 e. The molecule has 0 bridgehead atoms. The molecule has 7 heteroatoms. The number of anilines is 1. The van der Waals surface area contributed by atoms with Crippen LogP contribution in [0.5, 0.6) is 0 Å². The van der Waals surface area contributed by atoms with Gasteiger partial charge in [0.25, 0.3) is 0 Å². The summed E-state index contributed by atoms with van der Waals surface area (Å²) >= 11 is 0. The van der Waals surface area contributed by atoms with Crippen LogP contribution in [0.25, 0.3) is 0 Å². The van der Waals surface area contributed by atoms with Gasteiger partial charge in [-0.25, -0.2) is 13.1 Å². The van der Waals surface area contributed by atoms with Crippen LogP contribution in [0.1, 0.15) is 17.0 Å². The lowest BCUT2D eigenvalue weighted by Crippen LogP contribution is -2.43. The quantitative estimate of drug-likeness (QED) is 0.798. The Morgan fingerprint density at radius 2 is 2.05 bits per heavy atom. The predicted molar refractivity (Wildman–Crippen MR) is 80.8 cm³/mol. The first-order chi connectivity index (χ1) is 9.97. The first-order valence-corrected chi connectivity index (χ1v) is 8.31. The average Bonchev–Trinajstić information content (AvgIpc) is 2.78. The van der Waals surface area contributed by atoms with Crippen LogP contribution in [0, 0.1) is 13.8 Å². The number of aromatic amines is 1. The molecule has 6 nitrogen and oxygen atoms in total. The highest BCUT2D eigenvalue weighted by Gasteiger charge is 2.27. The smallest absolute Gasteiger partial charge is 0.244 e. The van der Waals surface area contributed by atoms with E-state index in [0.717, 1.165) is 11.3 Å². The third-order valence-electron chi connectivity index (χ3n) is 3.67. The van der Waals surface area contributed by atoms with Gasteiger partial charge < -0.3 is 5.32 Å². The molecule has 112 valence electrons. The standard InChI is InChI=1S/C14H18N4O2S/c1-9-14(10(2)17-16-9)21(19,20)18-12-7-11-5-3-4-6-13(11)15-8-12/h3-6,12,15,18H,7-8H2,1-2H3,(H,16,17). The Balaban J connectivity index is 1.82. The number of sulfonamides is 1. The van der Waals surface area contributed by atoms with Gasteiger partial charge in [0.15, 0.2) is 0 Å². The molecule has 1 aliphatic heterocycles. The number of fused-ring (bicyclic) bond motifs is 1. The van der Waals surface area contributed by atoms with Gasteiger partial charge in [-0.1, -0.05) is 18.2 Å². The lowest BCUT2D eigenvalue weighted by molar-refractivity contribution is 0.548. The Labute approximate surface area is 124 Å². The fourth-order valence-electron chi connectivity index (χ4n) is 2.74. The summed E-state index contributed by atoms with van der Waals surface area (Å²) in [6.45, 7) is 3.97. The zero-order valence-electron chi connectivity index (χ0n) is 12.0. The highest BCUT2D eigenvalue weighted by Crippen LogP contribution is 2.23. The zero-order valence-corrected chi connectivity index (χ0v) is 12.8. The van der Waals surface area contributed by atoms with Gasteiger partial charge in [0.05, 0.1) is 11.4 Å². The number of nitrogens with one attached hydrogen (secondary N) is 3. The van der Waals surface area contributed by atoms with Crippen molar-refractivity contribution in [1.82, 2.24) is 14.9 Å². The molecule has 0 radical (unpaired) electrons. The van der Waals surface area contributed by atoms with Crippen molar-refractivity contribution in [2.45, 2.75) is 31.2 Å². The van der Waals surface area contributed by atoms with E-state index in [0.29, 0.717) is 24.4 Å². The van der Waals surface area contributed by atoms with Gasteiger partial charge in [-0.3, -0.25) is 5.10 Å². The molecule has 0 fully saturated rings. The number of H-pyrrole nitrogens is 1. The highest BCUT2D eigenvalue weighted by atomic mass is 32.2. The normalized spacial score (nSPS) is 18.1. The molecule has 0 amide bonds. The molecule has 1 aromatic carbocycles. The van der Waals surface area contributed by atoms with E-state index in [-0.39, 0.29) is 10.9 Å². The van der Waals surface area contributed by atoms with Gasteiger partial charge in [0.1, 0.15) is 4.90 Å². The van der Waals surface area contributed by atoms with Crippen LogP contribution in [0.4, 0.5) is 5.69 Å². The van der Waals surface area contributed by atoms with E-state index in [1.165, 1.54) is 0 Å². The second kappa shape index (κ2) is 5.16. The monoisotopic (exact) mass is 306 g/mol. The summed E-state index contributed by atoms with van der Waals surface area (Å²) in [5.41, 5.74) is 3.24. The number of hydrogen-bond donors (Lipinski definition) is 3. The van der Waals surface area contributed by atoms with E-state index in [4.69, 9.17) is 0 Å². The van der Waals surface area contributed by atoms with E-state index in [1.807, 2.05) is 24.3 Å². The molecule has 0 spiro atoms. The maximum Gasteiger partial charge on any atom is 0.244 e. The summed E-state index contributed by atoms with van der Waals surface area (Å²) < 4.78 is 27.8. The Bertz CT molecular complexity index is 748. The number of benzene rings is 1. The maximum atomic E-state index is 12.5. The Hall–Kier alpha value is -1.86. The first-order valence-electron chi connectivity index (χ1n) is 6.83. The van der Waals surface area contributed by atoms with Crippen LogP contribution in [0.3, 0.4) is 0 Å². The molecule has 3 N–H and O–H groups in total. The lowest BCUT2D eigenvalue weighted by atomic mass is 10.0. The first kappa shape index (κ1) is 14.1. The average molecular weight is 306 g/mol. The van der Waals surface area contributed by atoms with Gasteiger partial charge in [-0.05, 0) is 31.9 Å². The maximum absolute atomic E-state index is 12.5. The fraction of sp³-hybridized carbons (Fsp3) is 0.357. The molecule has 3 rings (SSSR count). The van der Waals surface area contributed by atoms with Crippen molar-refractivity contribution >= 4 is 15.7 Å². The summed E-state index contributed by atoms with van der Waals surface area (Å²) in [5.74, 6) is 0. The van der Waals surface area contributed by atoms with Gasteiger partial charge in [-0.15, -0.1) is 0 Å². The predicted octanol–water partition coefficient (Wildman–Crippen LogP) is 1.34. The molecule has 1 aromatic heterocycles. The van der Waals surface area contributed by atoms with Gasteiger partial charge in [0.2, 0.25) is 10.0 Å². The summed E-state index contributed by atoms with van der Waals surface area (Å²) in [7, 11) is -3.56. The van der Waals surface area contributed by atoms with Crippen molar-refractivity contribution in [1.29, 1.82) is 0 Å². The van der Waals surface area contributed by atoms with Gasteiger partial charge in [0, 0.05) is 18.3 Å². The zero-order chi connectivity index (χ0) is 15.0.